The number of hydrogen-bond donors (Lipinski definition) is 0. The Labute approximate surface area is 152 Å². The van der Waals surface area contributed by atoms with Crippen LogP contribution in [0.5, 0.6) is 11.5 Å². The summed E-state index contributed by atoms with van der Waals surface area (Å²) in [6, 6.07) is 15.6. The molecular weight excluding hydrogens is 338 g/mol. The van der Waals surface area contributed by atoms with Gasteiger partial charge in [-0.1, -0.05) is 49.2 Å². The third-order valence-electron chi connectivity index (χ3n) is 3.34. The lowest BCUT2D eigenvalue weighted by molar-refractivity contribution is -0.129. The number of halogens is 1. The molecule has 0 N–H and O–H groups in total. The molecule has 0 heterocycles. The van der Waals surface area contributed by atoms with Crippen LogP contribution in [0.3, 0.4) is 0 Å². The molecule has 0 aromatic heterocycles. The third kappa shape index (κ3) is 5.66. The highest BCUT2D eigenvalue weighted by Crippen LogP contribution is 2.24. The molecule has 128 valence electrons. The number of carbonyl (C=O) groups is 1. The second-order valence-electron chi connectivity index (χ2n) is 5.26. The fraction of sp³-hybridized carbons (Fsp3) is 0.200. The first-order valence-electron chi connectivity index (χ1n) is 7.95. The summed E-state index contributed by atoms with van der Waals surface area (Å²) >= 11 is 5.95. The Hall–Kier alpha value is -2.77. The van der Waals surface area contributed by atoms with Crippen LogP contribution >= 0.6 is 11.6 Å². The zero-order valence-corrected chi connectivity index (χ0v) is 14.6. The highest BCUT2D eigenvalue weighted by atomic mass is 35.5. The van der Waals surface area contributed by atoms with Crippen molar-refractivity contribution in [2.24, 2.45) is 0 Å². The van der Waals surface area contributed by atoms with Gasteiger partial charge in [-0.15, -0.1) is 0 Å². The standard InChI is InChI=1S/C20H18ClNO3/c1-2-3-12-24-17-10-8-15(9-11-17)13-16(14-22)20(23)25-19-7-5-4-6-18(19)21/h4-11,13H,2-3,12H2,1H3/b16-13+. The van der Waals surface area contributed by atoms with Gasteiger partial charge < -0.3 is 9.47 Å². The van der Waals surface area contributed by atoms with E-state index in [2.05, 4.69) is 6.92 Å². The molecule has 0 radical (unpaired) electrons. The van der Waals surface area contributed by atoms with E-state index in [-0.39, 0.29) is 11.3 Å². The number of ether oxygens (including phenoxy) is 2. The summed E-state index contributed by atoms with van der Waals surface area (Å²) < 4.78 is 10.8. The van der Waals surface area contributed by atoms with Crippen molar-refractivity contribution in [3.8, 4) is 17.6 Å². The number of benzene rings is 2. The number of unbranched alkanes of at least 4 members (excludes halogenated alkanes) is 1. The van der Waals surface area contributed by atoms with Crippen LogP contribution in [0, 0.1) is 11.3 Å². The van der Waals surface area contributed by atoms with Gasteiger partial charge in [0.2, 0.25) is 0 Å². The van der Waals surface area contributed by atoms with Gasteiger partial charge in [0.05, 0.1) is 11.6 Å². The van der Waals surface area contributed by atoms with Crippen LogP contribution in [-0.4, -0.2) is 12.6 Å². The van der Waals surface area contributed by atoms with Crippen molar-refractivity contribution in [1.29, 1.82) is 5.26 Å². The highest BCUT2D eigenvalue weighted by molar-refractivity contribution is 6.32. The van der Waals surface area contributed by atoms with E-state index in [1.54, 1.807) is 48.5 Å². The van der Waals surface area contributed by atoms with Crippen molar-refractivity contribution < 1.29 is 14.3 Å². The molecule has 2 aromatic rings. The summed E-state index contributed by atoms with van der Waals surface area (Å²) in [4.78, 5) is 12.1. The predicted octanol–water partition coefficient (Wildman–Crippen LogP) is 5.03. The lowest BCUT2D eigenvalue weighted by atomic mass is 10.1. The molecule has 2 aromatic carbocycles. The molecule has 0 amide bonds. The molecule has 0 saturated carbocycles. The van der Waals surface area contributed by atoms with Crippen LogP contribution in [0.25, 0.3) is 6.08 Å². The molecule has 0 aliphatic rings. The maximum Gasteiger partial charge on any atom is 0.354 e. The van der Waals surface area contributed by atoms with Gasteiger partial charge in [-0.25, -0.2) is 4.79 Å². The second-order valence-corrected chi connectivity index (χ2v) is 5.67. The summed E-state index contributed by atoms with van der Waals surface area (Å²) in [5.74, 6) is 0.219. The van der Waals surface area contributed by atoms with Crippen molar-refractivity contribution in [2.45, 2.75) is 19.8 Å². The van der Waals surface area contributed by atoms with Crippen LogP contribution in [0.2, 0.25) is 5.02 Å². The first-order chi connectivity index (χ1) is 12.1. The maximum absolute atomic E-state index is 12.1. The molecular formula is C20H18ClNO3. The Balaban J connectivity index is 2.07. The minimum Gasteiger partial charge on any atom is -0.494 e. The Bertz CT molecular complexity index is 791. The lowest BCUT2D eigenvalue weighted by Crippen LogP contribution is -2.10. The number of esters is 1. The highest BCUT2D eigenvalue weighted by Gasteiger charge is 2.13. The summed E-state index contributed by atoms with van der Waals surface area (Å²) in [7, 11) is 0. The van der Waals surface area contributed by atoms with Gasteiger partial charge in [-0.3, -0.25) is 0 Å². The van der Waals surface area contributed by atoms with Gasteiger partial charge in [-0.2, -0.15) is 5.26 Å². The van der Waals surface area contributed by atoms with Crippen LogP contribution in [0.4, 0.5) is 0 Å². The SMILES string of the molecule is CCCCOc1ccc(/C=C(\C#N)C(=O)Oc2ccccc2Cl)cc1. The molecule has 0 spiro atoms. The fourth-order valence-electron chi connectivity index (χ4n) is 1.98. The van der Waals surface area contributed by atoms with Crippen molar-refractivity contribution in [1.82, 2.24) is 0 Å². The summed E-state index contributed by atoms with van der Waals surface area (Å²) in [6.07, 6.45) is 3.53. The minimum absolute atomic E-state index is 0.112. The Morgan fingerprint density at radius 1 is 1.20 bits per heavy atom. The minimum atomic E-state index is -0.751. The van der Waals surface area contributed by atoms with Crippen LogP contribution in [0.15, 0.2) is 54.1 Å². The average Bonchev–Trinajstić information content (AvgIpc) is 2.63. The molecule has 5 heteroatoms. The van der Waals surface area contributed by atoms with Gasteiger partial charge in [0.15, 0.2) is 0 Å². The van der Waals surface area contributed by atoms with Crippen LogP contribution < -0.4 is 9.47 Å². The Morgan fingerprint density at radius 2 is 1.92 bits per heavy atom. The van der Waals surface area contributed by atoms with E-state index < -0.39 is 5.97 Å². The van der Waals surface area contributed by atoms with Gasteiger partial charge in [0, 0.05) is 0 Å². The summed E-state index contributed by atoms with van der Waals surface area (Å²) in [5, 5.41) is 9.53. The zero-order valence-electron chi connectivity index (χ0n) is 13.9. The molecule has 2 rings (SSSR count). The maximum atomic E-state index is 12.1. The summed E-state index contributed by atoms with van der Waals surface area (Å²) in [5.41, 5.74) is 0.593. The average molecular weight is 356 g/mol. The van der Waals surface area contributed by atoms with E-state index in [4.69, 9.17) is 21.1 Å². The normalized spacial score (nSPS) is 10.8. The Morgan fingerprint density at radius 3 is 2.56 bits per heavy atom. The van der Waals surface area contributed by atoms with E-state index in [1.807, 2.05) is 6.07 Å². The quantitative estimate of drug-likeness (QED) is 0.230. The molecule has 0 bridgehead atoms. The van der Waals surface area contributed by atoms with E-state index in [1.165, 1.54) is 6.08 Å². The second kappa shape index (κ2) is 9.51. The molecule has 0 saturated heterocycles. The summed E-state index contributed by atoms with van der Waals surface area (Å²) in [6.45, 7) is 2.77. The number of rotatable bonds is 7. The molecule has 25 heavy (non-hydrogen) atoms. The molecule has 4 nitrogen and oxygen atoms in total. The first kappa shape index (κ1) is 18.6. The van der Waals surface area contributed by atoms with Crippen molar-refractivity contribution in [2.75, 3.05) is 6.61 Å². The number of nitriles is 1. The van der Waals surface area contributed by atoms with E-state index >= 15 is 0 Å². The topological polar surface area (TPSA) is 59.3 Å². The van der Waals surface area contributed by atoms with E-state index in [9.17, 15) is 10.1 Å². The molecule has 0 fully saturated rings. The van der Waals surface area contributed by atoms with Crippen LogP contribution in [0.1, 0.15) is 25.3 Å². The zero-order chi connectivity index (χ0) is 18.1. The van der Waals surface area contributed by atoms with Crippen molar-refractivity contribution >= 4 is 23.6 Å². The van der Waals surface area contributed by atoms with Gasteiger partial charge >= 0.3 is 5.97 Å². The molecule has 0 unspecified atom stereocenters. The van der Waals surface area contributed by atoms with Crippen molar-refractivity contribution in [3.63, 3.8) is 0 Å². The third-order valence-corrected chi connectivity index (χ3v) is 3.65. The fourth-order valence-corrected chi connectivity index (χ4v) is 2.15. The number of hydrogen-bond acceptors (Lipinski definition) is 4. The number of carbonyl (C=O) groups excluding carboxylic acids is 1. The van der Waals surface area contributed by atoms with E-state index in [0.717, 1.165) is 18.6 Å². The molecule has 0 aliphatic carbocycles. The van der Waals surface area contributed by atoms with Gasteiger partial charge in [0.25, 0.3) is 0 Å². The smallest absolute Gasteiger partial charge is 0.354 e. The largest absolute Gasteiger partial charge is 0.494 e. The van der Waals surface area contributed by atoms with Crippen LogP contribution in [-0.2, 0) is 4.79 Å². The monoisotopic (exact) mass is 355 g/mol. The Kier molecular flexibility index (Phi) is 7.06. The van der Waals surface area contributed by atoms with Gasteiger partial charge in [-0.05, 0) is 42.3 Å². The van der Waals surface area contributed by atoms with E-state index in [0.29, 0.717) is 17.2 Å². The lowest BCUT2D eigenvalue weighted by Gasteiger charge is -2.06. The predicted molar refractivity (Wildman–Crippen MR) is 97.5 cm³/mol. The number of nitrogens with zero attached hydrogens (tertiary/aromatic N) is 1. The van der Waals surface area contributed by atoms with Crippen molar-refractivity contribution in [3.05, 3.63) is 64.7 Å². The van der Waals surface area contributed by atoms with Gasteiger partial charge in [0.1, 0.15) is 23.1 Å². The number of para-hydroxylation sites is 1. The molecule has 0 atom stereocenters. The molecule has 0 aliphatic heterocycles. The first-order valence-corrected chi connectivity index (χ1v) is 8.33.